The summed E-state index contributed by atoms with van der Waals surface area (Å²) in [6, 6.07) is 4.64. The summed E-state index contributed by atoms with van der Waals surface area (Å²) in [6.07, 6.45) is 2.47. The number of benzene rings is 1. The van der Waals surface area contributed by atoms with E-state index in [0.717, 1.165) is 19.6 Å². The van der Waals surface area contributed by atoms with Crippen LogP contribution in [0.1, 0.15) is 37.0 Å². The van der Waals surface area contributed by atoms with Gasteiger partial charge in [0.05, 0.1) is 4.92 Å². The van der Waals surface area contributed by atoms with Crippen molar-refractivity contribution in [2.75, 3.05) is 57.3 Å². The van der Waals surface area contributed by atoms with Gasteiger partial charge in [-0.25, -0.2) is 0 Å². The van der Waals surface area contributed by atoms with E-state index in [2.05, 4.69) is 17.1 Å². The molecule has 2 heterocycles. The molecule has 9 nitrogen and oxygen atoms in total. The molecule has 2 amide bonds. The third-order valence-corrected chi connectivity index (χ3v) is 5.88. The lowest BCUT2D eigenvalue weighted by atomic mass is 10.1. The van der Waals surface area contributed by atoms with Gasteiger partial charge < -0.3 is 20.0 Å². The Morgan fingerprint density at radius 3 is 2.40 bits per heavy atom. The molecule has 2 aliphatic rings. The van der Waals surface area contributed by atoms with E-state index >= 15 is 0 Å². The molecule has 2 saturated heterocycles. The lowest BCUT2D eigenvalue weighted by Crippen LogP contribution is -2.48. The molecule has 0 bridgehead atoms. The van der Waals surface area contributed by atoms with E-state index in [1.54, 1.807) is 17.0 Å². The van der Waals surface area contributed by atoms with E-state index in [-0.39, 0.29) is 17.5 Å². The molecule has 1 atom stereocenters. The van der Waals surface area contributed by atoms with Crippen molar-refractivity contribution in [2.45, 2.75) is 26.7 Å². The zero-order chi connectivity index (χ0) is 21.7. The van der Waals surface area contributed by atoms with Crippen molar-refractivity contribution in [3.8, 4) is 0 Å². The van der Waals surface area contributed by atoms with Crippen LogP contribution < -0.4 is 10.2 Å². The number of carbonyl (C=O) groups excluding carboxylic acids is 2. The van der Waals surface area contributed by atoms with E-state index in [0.29, 0.717) is 49.9 Å². The minimum absolute atomic E-state index is 0.00938. The molecule has 2 fully saturated rings. The van der Waals surface area contributed by atoms with Crippen molar-refractivity contribution in [3.05, 3.63) is 33.9 Å². The van der Waals surface area contributed by atoms with Crippen molar-refractivity contribution in [3.63, 3.8) is 0 Å². The predicted molar refractivity (Wildman–Crippen MR) is 115 cm³/mol. The second kappa shape index (κ2) is 9.88. The van der Waals surface area contributed by atoms with Crippen LogP contribution in [-0.4, -0.2) is 78.9 Å². The molecule has 0 saturated carbocycles. The fraction of sp³-hybridized carbons (Fsp3) is 0.619. The number of nitrogens with one attached hydrogen (secondary N) is 1. The van der Waals surface area contributed by atoms with Crippen LogP contribution >= 0.6 is 0 Å². The lowest BCUT2D eigenvalue weighted by Gasteiger charge is -2.35. The highest BCUT2D eigenvalue weighted by molar-refractivity contribution is 5.95. The number of likely N-dealkylation sites (tertiary alicyclic amines) is 1. The van der Waals surface area contributed by atoms with Crippen LogP contribution in [0.3, 0.4) is 0 Å². The zero-order valence-electron chi connectivity index (χ0n) is 17.8. The number of nitrogens with zero attached hydrogens (tertiary/aromatic N) is 4. The molecule has 1 aromatic carbocycles. The molecule has 1 unspecified atom stereocenters. The lowest BCUT2D eigenvalue weighted by molar-refractivity contribution is -0.384. The Hall–Kier alpha value is -2.68. The van der Waals surface area contributed by atoms with Gasteiger partial charge >= 0.3 is 0 Å². The van der Waals surface area contributed by atoms with Crippen LogP contribution in [0.15, 0.2) is 18.2 Å². The summed E-state index contributed by atoms with van der Waals surface area (Å²) in [5.74, 6) is 0.0355. The molecule has 1 N–H and O–H groups in total. The first-order valence-corrected chi connectivity index (χ1v) is 10.6. The first-order valence-electron chi connectivity index (χ1n) is 10.6. The number of rotatable bonds is 7. The van der Waals surface area contributed by atoms with E-state index in [1.165, 1.54) is 25.8 Å². The highest BCUT2D eigenvalue weighted by Gasteiger charge is 2.26. The summed E-state index contributed by atoms with van der Waals surface area (Å²) in [5.41, 5.74) is 0.701. The number of amides is 2. The number of anilines is 1. The fourth-order valence-corrected chi connectivity index (χ4v) is 4.18. The number of piperazine rings is 1. The van der Waals surface area contributed by atoms with Crippen molar-refractivity contribution in [2.24, 2.45) is 5.92 Å². The number of nitro groups is 1. The molecule has 30 heavy (non-hydrogen) atoms. The summed E-state index contributed by atoms with van der Waals surface area (Å²) in [7, 11) is 0. The van der Waals surface area contributed by atoms with Gasteiger partial charge in [0.2, 0.25) is 5.91 Å². The number of hydrogen-bond donors (Lipinski definition) is 1. The van der Waals surface area contributed by atoms with Crippen LogP contribution in [0.2, 0.25) is 0 Å². The summed E-state index contributed by atoms with van der Waals surface area (Å²) < 4.78 is 0. The van der Waals surface area contributed by atoms with Gasteiger partial charge in [0, 0.05) is 57.8 Å². The normalized spacial score (nSPS) is 18.3. The molecule has 0 aliphatic carbocycles. The van der Waals surface area contributed by atoms with Crippen molar-refractivity contribution in [1.29, 1.82) is 0 Å². The molecular formula is C21H31N5O4. The maximum absolute atomic E-state index is 12.6. The Labute approximate surface area is 177 Å². The van der Waals surface area contributed by atoms with E-state index in [4.69, 9.17) is 0 Å². The van der Waals surface area contributed by atoms with Crippen LogP contribution in [0, 0.1) is 16.0 Å². The highest BCUT2D eigenvalue weighted by Crippen LogP contribution is 2.30. The van der Waals surface area contributed by atoms with Gasteiger partial charge in [-0.15, -0.1) is 0 Å². The molecule has 3 rings (SSSR count). The summed E-state index contributed by atoms with van der Waals surface area (Å²) in [5, 5.41) is 14.6. The summed E-state index contributed by atoms with van der Waals surface area (Å²) >= 11 is 0. The fourth-order valence-electron chi connectivity index (χ4n) is 4.18. The van der Waals surface area contributed by atoms with E-state index in [9.17, 15) is 19.7 Å². The Bertz CT molecular complexity index is 786. The van der Waals surface area contributed by atoms with E-state index in [1.807, 2.05) is 4.90 Å². The van der Waals surface area contributed by atoms with Gasteiger partial charge in [0.15, 0.2) is 0 Å². The van der Waals surface area contributed by atoms with Gasteiger partial charge in [-0.1, -0.05) is 6.92 Å². The predicted octanol–water partition coefficient (Wildman–Crippen LogP) is 1.72. The van der Waals surface area contributed by atoms with Crippen molar-refractivity contribution < 1.29 is 14.5 Å². The Kier molecular flexibility index (Phi) is 7.25. The molecule has 0 aromatic heterocycles. The maximum atomic E-state index is 12.6. The van der Waals surface area contributed by atoms with Crippen LogP contribution in [0.25, 0.3) is 0 Å². The third kappa shape index (κ3) is 5.47. The first kappa shape index (κ1) is 22.0. The number of nitro benzene ring substituents is 1. The standard InChI is InChI=1S/C21H31N5O4/c1-16(15-23-7-3-4-8-23)14-22-21(28)18-5-6-19(20(13-18)26(29)30)25-11-9-24(10-12-25)17(2)27/h5-6,13,16H,3-4,7-12,14-15H2,1-2H3,(H,22,28). The molecule has 9 heteroatoms. The molecule has 164 valence electrons. The van der Waals surface area contributed by atoms with Gasteiger partial charge in [-0.2, -0.15) is 0 Å². The second-order valence-electron chi connectivity index (χ2n) is 8.28. The second-order valence-corrected chi connectivity index (χ2v) is 8.28. The minimum atomic E-state index is -0.445. The minimum Gasteiger partial charge on any atom is -0.362 e. The van der Waals surface area contributed by atoms with Crippen molar-refractivity contribution >= 4 is 23.2 Å². The van der Waals surface area contributed by atoms with Gasteiger partial charge in [0.1, 0.15) is 5.69 Å². The monoisotopic (exact) mass is 417 g/mol. The average molecular weight is 418 g/mol. The third-order valence-electron chi connectivity index (χ3n) is 5.88. The SMILES string of the molecule is CC(=O)N1CCN(c2ccc(C(=O)NCC(C)CN3CCCC3)cc2[N+](=O)[O-])CC1. The van der Waals surface area contributed by atoms with Crippen molar-refractivity contribution in [1.82, 2.24) is 15.1 Å². The maximum Gasteiger partial charge on any atom is 0.293 e. The molecule has 0 spiro atoms. The Balaban J connectivity index is 1.62. The number of hydrogen-bond acceptors (Lipinski definition) is 6. The molecule has 2 aliphatic heterocycles. The number of carbonyl (C=O) groups is 2. The first-order chi connectivity index (χ1) is 14.3. The van der Waals surface area contributed by atoms with Gasteiger partial charge in [-0.05, 0) is 44.0 Å². The topological polar surface area (TPSA) is 99.0 Å². The highest BCUT2D eigenvalue weighted by atomic mass is 16.6. The molecule has 1 aromatic rings. The summed E-state index contributed by atoms with van der Waals surface area (Å²) in [6.45, 7) is 9.47. The van der Waals surface area contributed by atoms with E-state index < -0.39 is 4.92 Å². The largest absolute Gasteiger partial charge is 0.362 e. The zero-order valence-corrected chi connectivity index (χ0v) is 17.8. The van der Waals surface area contributed by atoms with Gasteiger partial charge in [-0.3, -0.25) is 19.7 Å². The quantitative estimate of drug-likeness (QED) is 0.536. The Morgan fingerprint density at radius 1 is 1.13 bits per heavy atom. The van der Waals surface area contributed by atoms with Gasteiger partial charge in [0.25, 0.3) is 11.6 Å². The molecule has 0 radical (unpaired) electrons. The Morgan fingerprint density at radius 2 is 1.80 bits per heavy atom. The smallest absolute Gasteiger partial charge is 0.293 e. The molecular weight excluding hydrogens is 386 g/mol. The summed E-state index contributed by atoms with van der Waals surface area (Å²) in [4.78, 5) is 41.3. The average Bonchev–Trinajstić information content (AvgIpc) is 3.24. The van der Waals surface area contributed by atoms with Crippen LogP contribution in [0.4, 0.5) is 11.4 Å². The van der Waals surface area contributed by atoms with Crippen LogP contribution in [-0.2, 0) is 4.79 Å². The van der Waals surface area contributed by atoms with Crippen LogP contribution in [0.5, 0.6) is 0 Å².